The van der Waals surface area contributed by atoms with Crippen LogP contribution in [0.1, 0.15) is 0 Å². The maximum atomic E-state index is 11.4. The smallest absolute Gasteiger partial charge is 0.368 e. The fourth-order valence-corrected chi connectivity index (χ4v) is 3.80. The molecule has 0 aromatic carbocycles. The van der Waals surface area contributed by atoms with Crippen LogP contribution in [0, 0.1) is 0 Å². The molecular weight excluding hydrogens is 258 g/mol. The van der Waals surface area contributed by atoms with Gasteiger partial charge in [0.25, 0.3) is 5.08 Å². The van der Waals surface area contributed by atoms with Gasteiger partial charge in [-0.05, 0) is 0 Å². The van der Waals surface area contributed by atoms with Gasteiger partial charge in [0.1, 0.15) is 0 Å². The van der Waals surface area contributed by atoms with E-state index in [1.165, 1.54) is 18.7 Å². The molecule has 16 heavy (non-hydrogen) atoms. The molecule has 0 radical (unpaired) electrons. The highest BCUT2D eigenvalue weighted by Gasteiger charge is 2.57. The molecule has 1 heterocycles. The van der Waals surface area contributed by atoms with Gasteiger partial charge in [0.2, 0.25) is 7.37 Å². The monoisotopic (exact) mass is 270 g/mol. The number of aliphatic hydroxyl groups is 1. The first-order valence-corrected chi connectivity index (χ1v) is 7.84. The molecule has 0 saturated heterocycles. The predicted octanol–water partition coefficient (Wildman–Crippen LogP) is -0.393. The van der Waals surface area contributed by atoms with Crippen LogP contribution >= 0.6 is 15.0 Å². The molecule has 0 spiro atoms. The molecular formula is C6H12N2O6P2. The second-order valence-corrected chi connectivity index (χ2v) is 8.11. The Morgan fingerprint density at radius 2 is 1.94 bits per heavy atom. The lowest BCUT2D eigenvalue weighted by molar-refractivity contribution is 0.132. The minimum atomic E-state index is -5.16. The molecule has 4 N–H and O–H groups in total. The topological polar surface area (TPSA) is 133 Å². The van der Waals surface area contributed by atoms with E-state index < -0.39 is 26.6 Å². The predicted molar refractivity (Wildman–Crippen MR) is 55.0 cm³/mol. The van der Waals surface area contributed by atoms with Crippen LogP contribution < -0.4 is 0 Å². The Morgan fingerprint density at radius 1 is 1.38 bits per heavy atom. The second kappa shape index (κ2) is 4.07. The summed E-state index contributed by atoms with van der Waals surface area (Å²) in [6.45, 7) is -0.00935. The molecule has 0 fully saturated rings. The van der Waals surface area contributed by atoms with E-state index in [1.54, 1.807) is 0 Å². The number of imidazole rings is 1. The first kappa shape index (κ1) is 13.6. The van der Waals surface area contributed by atoms with E-state index in [-0.39, 0.29) is 0 Å². The van der Waals surface area contributed by atoms with Gasteiger partial charge in [-0.1, -0.05) is 0 Å². The van der Waals surface area contributed by atoms with Gasteiger partial charge >= 0.3 is 7.60 Å². The summed E-state index contributed by atoms with van der Waals surface area (Å²) < 4.78 is 23.6. The fraction of sp³-hybridized carbons (Fsp3) is 0.500. The standard InChI is InChI=1S/C6H12N2O6P2/c1-15(10,11)6(9,16(12,13)14)4-8-3-2-7-5-8/h2-3,5,9H,4H2,1H3,(H,10,11)(H2,12,13,14). The van der Waals surface area contributed by atoms with Crippen LogP contribution in [0.3, 0.4) is 0 Å². The lowest BCUT2D eigenvalue weighted by atomic mass is 10.6. The number of nitrogens with zero attached hydrogens (tertiary/aromatic N) is 2. The highest BCUT2D eigenvalue weighted by Crippen LogP contribution is 2.68. The average Bonchev–Trinajstić information content (AvgIpc) is 2.52. The Labute approximate surface area is 91.2 Å². The zero-order chi connectivity index (χ0) is 12.6. The van der Waals surface area contributed by atoms with Gasteiger partial charge in [0.05, 0.1) is 12.9 Å². The highest BCUT2D eigenvalue weighted by atomic mass is 31.2. The summed E-state index contributed by atoms with van der Waals surface area (Å²) in [6, 6.07) is 0. The third-order valence-electron chi connectivity index (χ3n) is 2.08. The molecule has 0 aliphatic carbocycles. The molecule has 0 aliphatic heterocycles. The van der Waals surface area contributed by atoms with Crippen molar-refractivity contribution < 1.29 is 28.9 Å². The number of hydrogen-bond donors (Lipinski definition) is 4. The zero-order valence-corrected chi connectivity index (χ0v) is 10.1. The van der Waals surface area contributed by atoms with Crippen LogP contribution in [0.2, 0.25) is 0 Å². The van der Waals surface area contributed by atoms with E-state index in [0.717, 1.165) is 4.57 Å². The molecule has 0 aliphatic rings. The molecule has 2 atom stereocenters. The van der Waals surface area contributed by atoms with Crippen molar-refractivity contribution in [2.45, 2.75) is 11.6 Å². The summed E-state index contributed by atoms with van der Waals surface area (Å²) in [5.41, 5.74) is 0. The lowest BCUT2D eigenvalue weighted by Gasteiger charge is -2.30. The molecule has 10 heteroatoms. The average molecular weight is 270 g/mol. The van der Waals surface area contributed by atoms with E-state index in [9.17, 15) is 19.1 Å². The Kier molecular flexibility index (Phi) is 3.45. The second-order valence-electron chi connectivity index (χ2n) is 3.43. The highest BCUT2D eigenvalue weighted by molar-refractivity contribution is 7.74. The van der Waals surface area contributed by atoms with Crippen LogP contribution in [0.25, 0.3) is 0 Å². The largest absolute Gasteiger partial charge is 0.368 e. The summed E-state index contributed by atoms with van der Waals surface area (Å²) in [5.74, 6) is 0. The summed E-state index contributed by atoms with van der Waals surface area (Å²) in [4.78, 5) is 30.8. The SMILES string of the molecule is CP(=O)(O)C(O)(Cn1ccnc1)P(=O)(O)O. The van der Waals surface area contributed by atoms with Crippen molar-refractivity contribution in [3.63, 3.8) is 0 Å². The van der Waals surface area contributed by atoms with E-state index in [4.69, 9.17) is 9.79 Å². The Bertz CT molecular complexity index is 424. The van der Waals surface area contributed by atoms with Crippen LogP contribution in [0.4, 0.5) is 0 Å². The molecule has 1 aromatic rings. The minimum Gasteiger partial charge on any atom is -0.368 e. The number of rotatable bonds is 4. The Morgan fingerprint density at radius 3 is 2.25 bits per heavy atom. The number of hydrogen-bond acceptors (Lipinski definition) is 4. The van der Waals surface area contributed by atoms with E-state index >= 15 is 0 Å². The molecule has 1 aromatic heterocycles. The van der Waals surface area contributed by atoms with Gasteiger partial charge in [-0.25, -0.2) is 4.98 Å². The van der Waals surface area contributed by atoms with Crippen LogP contribution in [0.15, 0.2) is 18.7 Å². The van der Waals surface area contributed by atoms with Crippen molar-refractivity contribution in [3.05, 3.63) is 18.7 Å². The molecule has 2 unspecified atom stereocenters. The maximum absolute atomic E-state index is 11.4. The summed E-state index contributed by atoms with van der Waals surface area (Å²) in [5, 5.41) is 6.73. The van der Waals surface area contributed by atoms with Crippen molar-refractivity contribution in [2.24, 2.45) is 0 Å². The van der Waals surface area contributed by atoms with Crippen molar-refractivity contribution in [1.82, 2.24) is 9.55 Å². The Hall–Kier alpha value is -0.490. The summed E-state index contributed by atoms with van der Waals surface area (Å²) >= 11 is 0. The van der Waals surface area contributed by atoms with Crippen molar-refractivity contribution in [2.75, 3.05) is 6.66 Å². The van der Waals surface area contributed by atoms with Crippen molar-refractivity contribution >= 4 is 15.0 Å². The zero-order valence-electron chi connectivity index (χ0n) is 8.33. The first-order valence-electron chi connectivity index (χ1n) is 4.12. The third kappa shape index (κ3) is 2.43. The fourth-order valence-electron chi connectivity index (χ4n) is 1.09. The van der Waals surface area contributed by atoms with E-state index in [2.05, 4.69) is 4.98 Å². The number of aromatic nitrogens is 2. The van der Waals surface area contributed by atoms with Crippen molar-refractivity contribution in [1.29, 1.82) is 0 Å². The maximum Gasteiger partial charge on any atom is 0.368 e. The van der Waals surface area contributed by atoms with E-state index in [0.29, 0.717) is 6.66 Å². The molecule has 8 nitrogen and oxygen atoms in total. The van der Waals surface area contributed by atoms with Crippen LogP contribution in [0.5, 0.6) is 0 Å². The van der Waals surface area contributed by atoms with E-state index in [1.807, 2.05) is 0 Å². The summed E-state index contributed by atoms with van der Waals surface area (Å²) in [7, 11) is -9.56. The summed E-state index contributed by atoms with van der Waals surface area (Å²) in [6.07, 6.45) is 3.81. The molecule has 92 valence electrons. The van der Waals surface area contributed by atoms with Gasteiger partial charge in [0, 0.05) is 19.1 Å². The molecule has 0 amide bonds. The first-order chi connectivity index (χ1) is 7.08. The molecule has 1 rings (SSSR count). The van der Waals surface area contributed by atoms with Gasteiger partial charge in [-0.15, -0.1) is 0 Å². The van der Waals surface area contributed by atoms with Gasteiger partial charge in [-0.2, -0.15) is 0 Å². The van der Waals surface area contributed by atoms with Crippen molar-refractivity contribution in [3.8, 4) is 0 Å². The quantitative estimate of drug-likeness (QED) is 0.547. The Balaban J connectivity index is 3.18. The molecule has 0 saturated carbocycles. The van der Waals surface area contributed by atoms with Gasteiger partial charge in [-0.3, -0.25) is 9.13 Å². The van der Waals surface area contributed by atoms with Gasteiger partial charge < -0.3 is 24.4 Å². The van der Waals surface area contributed by atoms with Crippen LogP contribution in [-0.2, 0) is 15.7 Å². The normalized spacial score (nSPS) is 20.1. The molecule has 0 bridgehead atoms. The minimum absolute atomic E-state index is 0.697. The van der Waals surface area contributed by atoms with Gasteiger partial charge in [0.15, 0.2) is 0 Å². The third-order valence-corrected chi connectivity index (χ3v) is 6.52. The van der Waals surface area contributed by atoms with Crippen LogP contribution in [-0.4, -0.2) is 41.1 Å². The lowest BCUT2D eigenvalue weighted by Crippen LogP contribution is -2.33.